The third-order valence-electron chi connectivity index (χ3n) is 3.86. The summed E-state index contributed by atoms with van der Waals surface area (Å²) in [7, 11) is 1.76. The molecule has 0 bridgehead atoms. The van der Waals surface area contributed by atoms with Gasteiger partial charge >= 0.3 is 0 Å². The molecule has 2 heterocycles. The second-order valence-corrected chi connectivity index (χ2v) is 6.16. The summed E-state index contributed by atoms with van der Waals surface area (Å²) in [5.74, 6) is 1.60. The molecule has 0 amide bonds. The lowest BCUT2D eigenvalue weighted by atomic mass is 10.1. The molecule has 0 atom stereocenters. The van der Waals surface area contributed by atoms with Gasteiger partial charge in [-0.2, -0.15) is 0 Å². The number of guanidine groups is 1. The maximum Gasteiger partial charge on any atom is 0.191 e. The van der Waals surface area contributed by atoms with Crippen molar-refractivity contribution in [1.82, 2.24) is 25.2 Å². The predicted octanol–water partition coefficient (Wildman–Crippen LogP) is 2.83. The van der Waals surface area contributed by atoms with E-state index in [0.29, 0.717) is 6.54 Å². The lowest BCUT2D eigenvalue weighted by Crippen LogP contribution is -2.37. The molecule has 26 heavy (non-hydrogen) atoms. The van der Waals surface area contributed by atoms with Crippen molar-refractivity contribution in [2.24, 2.45) is 4.99 Å². The molecule has 0 aliphatic rings. The summed E-state index contributed by atoms with van der Waals surface area (Å²) in [6.45, 7) is 1.42. The lowest BCUT2D eigenvalue weighted by molar-refractivity contribution is 0.792. The van der Waals surface area contributed by atoms with Gasteiger partial charge in [-0.3, -0.25) is 9.56 Å². The fourth-order valence-electron chi connectivity index (χ4n) is 2.49. The summed E-state index contributed by atoms with van der Waals surface area (Å²) in [5.41, 5.74) is 2.27. The normalized spacial score (nSPS) is 11.4. The Morgan fingerprint density at radius 3 is 2.81 bits per heavy atom. The second kappa shape index (κ2) is 9.01. The molecule has 0 radical (unpaired) electrons. The highest BCUT2D eigenvalue weighted by atomic mass is 35.5. The van der Waals surface area contributed by atoms with Crippen molar-refractivity contribution in [2.45, 2.75) is 13.0 Å². The molecule has 0 spiro atoms. The Morgan fingerprint density at radius 1 is 1.19 bits per heavy atom. The summed E-state index contributed by atoms with van der Waals surface area (Å²) in [6, 6.07) is 11.9. The van der Waals surface area contributed by atoms with E-state index in [1.807, 2.05) is 47.3 Å². The van der Waals surface area contributed by atoms with Crippen LogP contribution in [0.15, 0.2) is 66.3 Å². The van der Waals surface area contributed by atoms with E-state index in [0.717, 1.165) is 35.3 Å². The number of benzene rings is 1. The number of rotatable bonds is 6. The zero-order valence-electron chi connectivity index (χ0n) is 14.6. The molecule has 1 aromatic carbocycles. The number of hydrogen-bond donors (Lipinski definition) is 2. The Balaban J connectivity index is 1.46. The first-order valence-electron chi connectivity index (χ1n) is 8.37. The second-order valence-electron chi connectivity index (χ2n) is 5.73. The highest BCUT2D eigenvalue weighted by Crippen LogP contribution is 2.10. The molecule has 0 fully saturated rings. The molecule has 0 aliphatic carbocycles. The van der Waals surface area contributed by atoms with Gasteiger partial charge in [-0.25, -0.2) is 9.97 Å². The van der Waals surface area contributed by atoms with Crippen LogP contribution in [0.1, 0.15) is 11.1 Å². The maximum atomic E-state index is 6.01. The van der Waals surface area contributed by atoms with Gasteiger partial charge in [0.05, 0.1) is 0 Å². The first kappa shape index (κ1) is 17.9. The molecule has 3 aromatic rings. The molecule has 6 nitrogen and oxygen atoms in total. The number of nitrogens with zero attached hydrogens (tertiary/aromatic N) is 4. The molecular formula is C19H21ClN6. The predicted molar refractivity (Wildman–Crippen MR) is 105 cm³/mol. The first-order chi connectivity index (χ1) is 12.7. The van der Waals surface area contributed by atoms with Crippen LogP contribution in [0, 0.1) is 0 Å². The number of aromatic nitrogens is 3. The van der Waals surface area contributed by atoms with E-state index in [4.69, 9.17) is 11.6 Å². The van der Waals surface area contributed by atoms with Gasteiger partial charge in [0.15, 0.2) is 5.96 Å². The van der Waals surface area contributed by atoms with Crippen molar-refractivity contribution in [3.63, 3.8) is 0 Å². The molecule has 0 aliphatic heterocycles. The quantitative estimate of drug-likeness (QED) is 0.518. The Kier molecular flexibility index (Phi) is 6.22. The standard InChI is InChI=1S/C19H21ClN6/c1-21-19(23-8-7-15-3-2-4-17(20)11-15)25-13-16-5-6-18(24-12-16)26-10-9-22-14-26/h2-6,9-12,14H,7-8,13H2,1H3,(H2,21,23,25). The number of nitrogens with one attached hydrogen (secondary N) is 2. The van der Waals surface area contributed by atoms with E-state index in [1.165, 1.54) is 5.56 Å². The van der Waals surface area contributed by atoms with Gasteiger partial charge in [-0.1, -0.05) is 29.8 Å². The average Bonchev–Trinajstić information content (AvgIpc) is 3.20. The van der Waals surface area contributed by atoms with Crippen LogP contribution in [-0.2, 0) is 13.0 Å². The highest BCUT2D eigenvalue weighted by Gasteiger charge is 2.01. The van der Waals surface area contributed by atoms with Gasteiger partial charge in [0.1, 0.15) is 12.1 Å². The van der Waals surface area contributed by atoms with E-state index in [-0.39, 0.29) is 0 Å². The Hall–Kier alpha value is -2.86. The highest BCUT2D eigenvalue weighted by molar-refractivity contribution is 6.30. The Morgan fingerprint density at radius 2 is 2.12 bits per heavy atom. The van der Waals surface area contributed by atoms with Crippen molar-refractivity contribution >= 4 is 17.6 Å². The van der Waals surface area contributed by atoms with Crippen LogP contribution in [-0.4, -0.2) is 34.1 Å². The summed E-state index contributed by atoms with van der Waals surface area (Å²) in [5, 5.41) is 7.36. The summed E-state index contributed by atoms with van der Waals surface area (Å²) in [4.78, 5) is 12.7. The molecular weight excluding hydrogens is 348 g/mol. The van der Waals surface area contributed by atoms with Gasteiger partial charge in [-0.05, 0) is 35.7 Å². The van der Waals surface area contributed by atoms with Crippen molar-refractivity contribution in [3.05, 3.63) is 77.5 Å². The van der Waals surface area contributed by atoms with E-state index < -0.39 is 0 Å². The fraction of sp³-hybridized carbons (Fsp3) is 0.211. The largest absolute Gasteiger partial charge is 0.356 e. The van der Waals surface area contributed by atoms with E-state index in [1.54, 1.807) is 19.6 Å². The van der Waals surface area contributed by atoms with Crippen LogP contribution < -0.4 is 10.6 Å². The topological polar surface area (TPSA) is 67.1 Å². The molecule has 0 saturated heterocycles. The zero-order valence-corrected chi connectivity index (χ0v) is 15.3. The van der Waals surface area contributed by atoms with Crippen LogP contribution in [0.5, 0.6) is 0 Å². The minimum Gasteiger partial charge on any atom is -0.356 e. The van der Waals surface area contributed by atoms with Crippen LogP contribution in [0.4, 0.5) is 0 Å². The van der Waals surface area contributed by atoms with Crippen molar-refractivity contribution in [1.29, 1.82) is 0 Å². The SMILES string of the molecule is CN=C(NCCc1cccc(Cl)c1)NCc1ccc(-n2ccnc2)nc1. The number of imidazole rings is 1. The van der Waals surface area contributed by atoms with Gasteiger partial charge in [0.2, 0.25) is 0 Å². The van der Waals surface area contributed by atoms with Crippen LogP contribution in [0.3, 0.4) is 0 Å². The van der Waals surface area contributed by atoms with Gasteiger partial charge < -0.3 is 10.6 Å². The Bertz CT molecular complexity index is 843. The number of pyridine rings is 1. The lowest BCUT2D eigenvalue weighted by Gasteiger charge is -2.12. The Labute approximate surface area is 158 Å². The van der Waals surface area contributed by atoms with Gasteiger partial charge in [0, 0.05) is 43.8 Å². The molecule has 2 aromatic heterocycles. The molecule has 0 saturated carbocycles. The molecule has 3 rings (SSSR count). The van der Waals surface area contributed by atoms with Crippen LogP contribution in [0.2, 0.25) is 5.02 Å². The zero-order chi connectivity index (χ0) is 18.2. The third kappa shape index (κ3) is 5.07. The smallest absolute Gasteiger partial charge is 0.191 e. The van der Waals surface area contributed by atoms with Crippen molar-refractivity contribution < 1.29 is 0 Å². The van der Waals surface area contributed by atoms with Crippen LogP contribution in [0.25, 0.3) is 5.82 Å². The molecule has 134 valence electrons. The molecule has 7 heteroatoms. The number of halogens is 1. The minimum absolute atomic E-state index is 0.647. The third-order valence-corrected chi connectivity index (χ3v) is 4.09. The maximum absolute atomic E-state index is 6.01. The summed E-state index contributed by atoms with van der Waals surface area (Å²) in [6.07, 6.45) is 8.05. The van der Waals surface area contributed by atoms with E-state index >= 15 is 0 Å². The van der Waals surface area contributed by atoms with Crippen LogP contribution >= 0.6 is 11.6 Å². The van der Waals surface area contributed by atoms with Gasteiger partial charge in [0.25, 0.3) is 0 Å². The van der Waals surface area contributed by atoms with Gasteiger partial charge in [-0.15, -0.1) is 0 Å². The monoisotopic (exact) mass is 368 g/mol. The minimum atomic E-state index is 0.647. The molecule has 0 unspecified atom stereocenters. The van der Waals surface area contributed by atoms with Crippen molar-refractivity contribution in [2.75, 3.05) is 13.6 Å². The summed E-state index contributed by atoms with van der Waals surface area (Å²) < 4.78 is 1.87. The first-order valence-corrected chi connectivity index (χ1v) is 8.74. The molecule has 2 N–H and O–H groups in total. The number of aliphatic imine (C=N–C) groups is 1. The van der Waals surface area contributed by atoms with Crippen molar-refractivity contribution in [3.8, 4) is 5.82 Å². The van der Waals surface area contributed by atoms with E-state index in [2.05, 4.69) is 31.7 Å². The van der Waals surface area contributed by atoms with E-state index in [9.17, 15) is 0 Å². The number of hydrogen-bond acceptors (Lipinski definition) is 3. The fourth-order valence-corrected chi connectivity index (χ4v) is 2.71. The summed E-state index contributed by atoms with van der Waals surface area (Å²) >= 11 is 6.01. The average molecular weight is 369 g/mol.